The average Bonchev–Trinajstić information content (AvgIpc) is 2.67. The van der Waals surface area contributed by atoms with Crippen molar-refractivity contribution in [3.63, 3.8) is 0 Å². The van der Waals surface area contributed by atoms with E-state index in [0.29, 0.717) is 21.9 Å². The van der Waals surface area contributed by atoms with Gasteiger partial charge in [0.2, 0.25) is 5.43 Å². The van der Waals surface area contributed by atoms with Gasteiger partial charge in [0.25, 0.3) is 0 Å². The summed E-state index contributed by atoms with van der Waals surface area (Å²) < 4.78 is 5.89. The first kappa shape index (κ1) is 15.2. The lowest BCUT2D eigenvalue weighted by atomic mass is 9.99. The van der Waals surface area contributed by atoms with Gasteiger partial charge in [-0.3, -0.25) is 4.79 Å². The monoisotopic (exact) mass is 356 g/mol. The van der Waals surface area contributed by atoms with Crippen LogP contribution in [0.4, 0.5) is 0 Å². The fourth-order valence-electron chi connectivity index (χ4n) is 3.38. The molecule has 124 valence electrons. The number of benzene rings is 4. The molecule has 0 bridgehead atoms. The molecule has 0 saturated heterocycles. The summed E-state index contributed by atoms with van der Waals surface area (Å²) in [6.07, 6.45) is 0. The van der Waals surface area contributed by atoms with Crippen LogP contribution in [0.15, 0.2) is 88.1 Å². The highest BCUT2D eigenvalue weighted by Gasteiger charge is 2.09. The van der Waals surface area contributed by atoms with Gasteiger partial charge >= 0.3 is 0 Å². The SMILES string of the molecule is O=c1c2ccccc2oc2ccc(-c3ccc4cc(Cl)ccc4c3)cc12. The summed E-state index contributed by atoms with van der Waals surface area (Å²) in [6, 6.07) is 25.1. The molecule has 0 N–H and O–H groups in total. The van der Waals surface area contributed by atoms with Crippen molar-refractivity contribution >= 4 is 44.3 Å². The largest absolute Gasteiger partial charge is 0.456 e. The topological polar surface area (TPSA) is 30.2 Å². The molecule has 5 aromatic rings. The molecule has 0 spiro atoms. The minimum absolute atomic E-state index is 0.00345. The Hall–Kier alpha value is -3.10. The van der Waals surface area contributed by atoms with E-state index >= 15 is 0 Å². The number of hydrogen-bond acceptors (Lipinski definition) is 2. The quantitative estimate of drug-likeness (QED) is 0.324. The van der Waals surface area contributed by atoms with Crippen molar-refractivity contribution < 1.29 is 4.42 Å². The van der Waals surface area contributed by atoms with Gasteiger partial charge in [-0.2, -0.15) is 0 Å². The van der Waals surface area contributed by atoms with Gasteiger partial charge in [0.05, 0.1) is 10.8 Å². The molecule has 0 unspecified atom stereocenters. The smallest absolute Gasteiger partial charge is 0.200 e. The lowest BCUT2D eigenvalue weighted by molar-refractivity contribution is 0.660. The predicted molar refractivity (Wildman–Crippen MR) is 108 cm³/mol. The van der Waals surface area contributed by atoms with Crippen molar-refractivity contribution in [1.82, 2.24) is 0 Å². The first-order valence-corrected chi connectivity index (χ1v) is 8.72. The highest BCUT2D eigenvalue weighted by molar-refractivity contribution is 6.31. The standard InChI is InChI=1S/C23H13ClO2/c24-18-9-7-15-11-14(5-6-16(15)12-18)17-8-10-22-20(13-17)23(25)19-3-1-2-4-21(19)26-22/h1-13H. The van der Waals surface area contributed by atoms with Crippen LogP contribution in [-0.2, 0) is 0 Å². The van der Waals surface area contributed by atoms with Gasteiger partial charge in [-0.05, 0) is 64.4 Å². The van der Waals surface area contributed by atoms with Crippen molar-refractivity contribution in [2.24, 2.45) is 0 Å². The Morgan fingerprint density at radius 3 is 2.27 bits per heavy atom. The number of hydrogen-bond donors (Lipinski definition) is 0. The van der Waals surface area contributed by atoms with Crippen molar-refractivity contribution in [2.75, 3.05) is 0 Å². The summed E-state index contributed by atoms with van der Waals surface area (Å²) in [6.45, 7) is 0. The van der Waals surface area contributed by atoms with Crippen LogP contribution in [0.1, 0.15) is 0 Å². The van der Waals surface area contributed by atoms with E-state index in [1.807, 2.05) is 66.7 Å². The molecular weight excluding hydrogens is 344 g/mol. The van der Waals surface area contributed by atoms with E-state index in [9.17, 15) is 4.79 Å². The van der Waals surface area contributed by atoms with Gasteiger partial charge in [0.1, 0.15) is 11.2 Å². The molecule has 1 aromatic heterocycles. The molecule has 0 aliphatic carbocycles. The number of fused-ring (bicyclic) bond motifs is 3. The molecule has 0 fully saturated rings. The van der Waals surface area contributed by atoms with E-state index in [0.717, 1.165) is 26.9 Å². The molecule has 0 atom stereocenters. The molecular formula is C23H13ClO2. The van der Waals surface area contributed by atoms with Crippen LogP contribution in [0.2, 0.25) is 5.02 Å². The number of rotatable bonds is 1. The second-order valence-electron chi connectivity index (χ2n) is 6.34. The van der Waals surface area contributed by atoms with Crippen LogP contribution in [0.25, 0.3) is 43.8 Å². The third-order valence-corrected chi connectivity index (χ3v) is 4.95. The highest BCUT2D eigenvalue weighted by atomic mass is 35.5. The third kappa shape index (κ3) is 2.39. The number of para-hydroxylation sites is 1. The van der Waals surface area contributed by atoms with E-state index < -0.39 is 0 Å². The van der Waals surface area contributed by atoms with Crippen LogP contribution >= 0.6 is 11.6 Å². The fraction of sp³-hybridized carbons (Fsp3) is 0. The van der Waals surface area contributed by atoms with E-state index in [1.165, 1.54) is 0 Å². The molecule has 0 aliphatic rings. The summed E-state index contributed by atoms with van der Waals surface area (Å²) in [5.41, 5.74) is 3.24. The maximum Gasteiger partial charge on any atom is 0.200 e. The van der Waals surface area contributed by atoms with Gasteiger partial charge < -0.3 is 4.42 Å². The lowest BCUT2D eigenvalue weighted by Gasteiger charge is -2.07. The number of halogens is 1. The van der Waals surface area contributed by atoms with E-state index in [2.05, 4.69) is 6.07 Å². The van der Waals surface area contributed by atoms with E-state index in [-0.39, 0.29) is 5.43 Å². The summed E-state index contributed by atoms with van der Waals surface area (Å²) in [7, 11) is 0. The molecule has 0 saturated carbocycles. The zero-order chi connectivity index (χ0) is 17.7. The normalized spacial score (nSPS) is 11.4. The zero-order valence-electron chi connectivity index (χ0n) is 13.7. The van der Waals surface area contributed by atoms with Crippen molar-refractivity contribution in [3.8, 4) is 11.1 Å². The van der Waals surface area contributed by atoms with E-state index in [1.54, 1.807) is 6.07 Å². The Bertz CT molecular complexity index is 1370. The van der Waals surface area contributed by atoms with E-state index in [4.69, 9.17) is 16.0 Å². The molecule has 4 aromatic carbocycles. The molecule has 0 radical (unpaired) electrons. The highest BCUT2D eigenvalue weighted by Crippen LogP contribution is 2.29. The Morgan fingerprint density at radius 2 is 1.35 bits per heavy atom. The molecule has 1 heterocycles. The summed E-state index contributed by atoms with van der Waals surface area (Å²) >= 11 is 6.06. The predicted octanol–water partition coefficient (Wildman–Crippen LogP) is 6.42. The maximum absolute atomic E-state index is 12.8. The summed E-state index contributed by atoms with van der Waals surface area (Å²) in [5, 5.41) is 4.12. The van der Waals surface area contributed by atoms with Crippen molar-refractivity contribution in [2.45, 2.75) is 0 Å². The van der Waals surface area contributed by atoms with Gasteiger partial charge in [-0.15, -0.1) is 0 Å². The molecule has 0 aliphatic heterocycles. The Morgan fingerprint density at radius 1 is 0.654 bits per heavy atom. The van der Waals surface area contributed by atoms with Gasteiger partial charge in [0.15, 0.2) is 0 Å². The Balaban J connectivity index is 1.74. The molecule has 5 rings (SSSR count). The van der Waals surface area contributed by atoms with Crippen LogP contribution in [-0.4, -0.2) is 0 Å². The fourth-order valence-corrected chi connectivity index (χ4v) is 3.56. The third-order valence-electron chi connectivity index (χ3n) is 4.71. The van der Waals surface area contributed by atoms with Gasteiger partial charge in [0, 0.05) is 5.02 Å². The van der Waals surface area contributed by atoms with Crippen LogP contribution in [0.5, 0.6) is 0 Å². The second kappa shape index (κ2) is 5.72. The first-order chi connectivity index (χ1) is 12.7. The van der Waals surface area contributed by atoms with Gasteiger partial charge in [-0.25, -0.2) is 0 Å². The van der Waals surface area contributed by atoms with Crippen LogP contribution < -0.4 is 5.43 Å². The zero-order valence-corrected chi connectivity index (χ0v) is 14.5. The molecule has 0 amide bonds. The lowest BCUT2D eigenvalue weighted by Crippen LogP contribution is -2.01. The minimum Gasteiger partial charge on any atom is -0.456 e. The summed E-state index contributed by atoms with van der Waals surface area (Å²) in [5.74, 6) is 0. The van der Waals surface area contributed by atoms with Gasteiger partial charge in [-0.1, -0.05) is 48.0 Å². The van der Waals surface area contributed by atoms with Crippen molar-refractivity contribution in [3.05, 3.63) is 94.1 Å². The molecule has 3 heteroatoms. The molecule has 2 nitrogen and oxygen atoms in total. The maximum atomic E-state index is 12.8. The summed E-state index contributed by atoms with van der Waals surface area (Å²) in [4.78, 5) is 12.8. The Kier molecular flexibility index (Phi) is 3.34. The molecule has 26 heavy (non-hydrogen) atoms. The van der Waals surface area contributed by atoms with Crippen molar-refractivity contribution in [1.29, 1.82) is 0 Å². The average molecular weight is 357 g/mol. The van der Waals surface area contributed by atoms with Crippen LogP contribution in [0.3, 0.4) is 0 Å². The van der Waals surface area contributed by atoms with Crippen LogP contribution in [0, 0.1) is 0 Å². The first-order valence-electron chi connectivity index (χ1n) is 8.34. The minimum atomic E-state index is -0.00345. The Labute approximate surface area is 154 Å². The second-order valence-corrected chi connectivity index (χ2v) is 6.78.